The van der Waals surface area contributed by atoms with Crippen molar-refractivity contribution < 1.29 is 8.78 Å². The average Bonchev–Trinajstić information content (AvgIpc) is 2.59. The van der Waals surface area contributed by atoms with Gasteiger partial charge in [0, 0.05) is 5.56 Å². The third-order valence-corrected chi connectivity index (χ3v) is 5.13. The van der Waals surface area contributed by atoms with Gasteiger partial charge in [-0.3, -0.25) is 0 Å². The van der Waals surface area contributed by atoms with E-state index in [0.717, 1.165) is 17.9 Å². The highest BCUT2D eigenvalue weighted by molar-refractivity contribution is 5.64. The molecule has 0 amide bonds. The van der Waals surface area contributed by atoms with Crippen molar-refractivity contribution in [1.82, 2.24) is 0 Å². The predicted molar refractivity (Wildman–Crippen MR) is 91.4 cm³/mol. The fourth-order valence-corrected chi connectivity index (χ4v) is 3.52. The summed E-state index contributed by atoms with van der Waals surface area (Å²) in [6, 6.07) is 11.0. The molecular formula is C21H24F2. The summed E-state index contributed by atoms with van der Waals surface area (Å²) in [4.78, 5) is 0. The Hall–Kier alpha value is -1.70. The second-order valence-electron chi connectivity index (χ2n) is 6.80. The van der Waals surface area contributed by atoms with E-state index in [1.165, 1.54) is 63.1 Å². The highest BCUT2D eigenvalue weighted by Gasteiger charge is 2.13. The van der Waals surface area contributed by atoms with Gasteiger partial charge in [-0.25, -0.2) is 8.78 Å². The molecule has 0 bridgehead atoms. The first-order valence-electron chi connectivity index (χ1n) is 8.68. The first-order valence-corrected chi connectivity index (χ1v) is 8.68. The zero-order valence-corrected chi connectivity index (χ0v) is 13.7. The van der Waals surface area contributed by atoms with Crippen molar-refractivity contribution in [2.75, 3.05) is 0 Å². The maximum atomic E-state index is 13.7. The summed E-state index contributed by atoms with van der Waals surface area (Å²) >= 11 is 0. The van der Waals surface area contributed by atoms with E-state index in [4.69, 9.17) is 0 Å². The predicted octanol–water partition coefficient (Wildman–Crippen LogP) is 6.45. The Morgan fingerprint density at radius 3 is 2.09 bits per heavy atom. The maximum Gasteiger partial charge on any atom is 0.129 e. The van der Waals surface area contributed by atoms with Crippen molar-refractivity contribution in [3.05, 3.63) is 59.2 Å². The minimum atomic E-state index is -0.485. The van der Waals surface area contributed by atoms with Crippen molar-refractivity contribution in [2.45, 2.75) is 51.9 Å². The molecule has 2 aromatic carbocycles. The minimum Gasteiger partial charge on any atom is -0.207 e. The molecule has 0 saturated heterocycles. The largest absolute Gasteiger partial charge is 0.207 e. The molecule has 3 rings (SSSR count). The van der Waals surface area contributed by atoms with Gasteiger partial charge >= 0.3 is 0 Å². The second kappa shape index (κ2) is 7.25. The lowest BCUT2D eigenvalue weighted by Gasteiger charge is -2.21. The fourth-order valence-electron chi connectivity index (χ4n) is 3.52. The number of hydrogen-bond acceptors (Lipinski definition) is 0. The van der Waals surface area contributed by atoms with Crippen LogP contribution in [0.2, 0.25) is 0 Å². The third-order valence-electron chi connectivity index (χ3n) is 5.13. The Bertz CT molecular complexity index is 629. The number of benzene rings is 2. The molecule has 23 heavy (non-hydrogen) atoms. The lowest BCUT2D eigenvalue weighted by molar-refractivity contribution is 0.339. The van der Waals surface area contributed by atoms with Gasteiger partial charge in [-0.05, 0) is 54.5 Å². The molecule has 2 heteroatoms. The van der Waals surface area contributed by atoms with Crippen LogP contribution in [0.3, 0.4) is 0 Å². The summed E-state index contributed by atoms with van der Waals surface area (Å²) in [5.74, 6) is -0.0912. The molecule has 2 aromatic rings. The lowest BCUT2D eigenvalue weighted by atomic mass is 9.85. The number of rotatable bonds is 4. The van der Waals surface area contributed by atoms with Gasteiger partial charge in [0.15, 0.2) is 0 Å². The van der Waals surface area contributed by atoms with Crippen molar-refractivity contribution in [3.8, 4) is 11.1 Å². The highest BCUT2D eigenvalue weighted by Crippen LogP contribution is 2.28. The molecule has 1 saturated carbocycles. The van der Waals surface area contributed by atoms with E-state index in [1.807, 2.05) is 12.1 Å². The van der Waals surface area contributed by atoms with Gasteiger partial charge in [0.05, 0.1) is 0 Å². The minimum absolute atomic E-state index is 0.0813. The zero-order valence-electron chi connectivity index (χ0n) is 13.7. The van der Waals surface area contributed by atoms with Crippen LogP contribution in [0, 0.1) is 24.5 Å². The van der Waals surface area contributed by atoms with Crippen LogP contribution in [0.25, 0.3) is 11.1 Å². The highest BCUT2D eigenvalue weighted by atomic mass is 19.1. The summed E-state index contributed by atoms with van der Waals surface area (Å²) in [7, 11) is 0. The van der Waals surface area contributed by atoms with Gasteiger partial charge in [-0.15, -0.1) is 0 Å². The molecule has 0 N–H and O–H groups in total. The monoisotopic (exact) mass is 314 g/mol. The molecule has 0 radical (unpaired) electrons. The Kier molecular flexibility index (Phi) is 5.09. The SMILES string of the molecule is Cc1c(F)cc(-c2ccc(CCC3CCCCC3)cc2)cc1F. The number of halogens is 2. The smallest absolute Gasteiger partial charge is 0.129 e. The summed E-state index contributed by atoms with van der Waals surface area (Å²) < 4.78 is 27.4. The zero-order chi connectivity index (χ0) is 16.2. The molecule has 0 aliphatic heterocycles. The molecule has 122 valence electrons. The van der Waals surface area contributed by atoms with Gasteiger partial charge in [0.1, 0.15) is 11.6 Å². The van der Waals surface area contributed by atoms with Crippen LogP contribution in [0.1, 0.15) is 49.7 Å². The van der Waals surface area contributed by atoms with Crippen molar-refractivity contribution in [3.63, 3.8) is 0 Å². The topological polar surface area (TPSA) is 0 Å². The lowest BCUT2D eigenvalue weighted by Crippen LogP contribution is -2.07. The van der Waals surface area contributed by atoms with E-state index >= 15 is 0 Å². The quantitative estimate of drug-likeness (QED) is 0.608. The fraction of sp³-hybridized carbons (Fsp3) is 0.429. The van der Waals surface area contributed by atoms with Crippen LogP contribution in [0.15, 0.2) is 36.4 Å². The van der Waals surface area contributed by atoms with Crippen LogP contribution in [0.5, 0.6) is 0 Å². The van der Waals surface area contributed by atoms with Crippen LogP contribution in [-0.4, -0.2) is 0 Å². The van der Waals surface area contributed by atoms with Gasteiger partial charge in [0.2, 0.25) is 0 Å². The Labute approximate surface area is 137 Å². The standard InChI is InChI=1S/C21H24F2/c1-15-20(22)13-19(14-21(15)23)18-11-9-17(10-12-18)8-7-16-5-3-2-4-6-16/h9-14,16H,2-8H2,1H3. The van der Waals surface area contributed by atoms with Gasteiger partial charge in [0.25, 0.3) is 0 Å². The van der Waals surface area contributed by atoms with Gasteiger partial charge in [-0.2, -0.15) is 0 Å². The van der Waals surface area contributed by atoms with E-state index < -0.39 is 11.6 Å². The summed E-state index contributed by atoms with van der Waals surface area (Å²) in [6.45, 7) is 1.46. The Morgan fingerprint density at radius 2 is 1.48 bits per heavy atom. The molecule has 1 fully saturated rings. The molecule has 0 unspecified atom stereocenters. The summed E-state index contributed by atoms with van der Waals surface area (Å²) in [5.41, 5.74) is 2.86. The van der Waals surface area contributed by atoms with Gasteiger partial charge < -0.3 is 0 Å². The van der Waals surface area contributed by atoms with Crippen LogP contribution in [-0.2, 0) is 6.42 Å². The van der Waals surface area contributed by atoms with E-state index in [1.54, 1.807) is 0 Å². The average molecular weight is 314 g/mol. The Morgan fingerprint density at radius 1 is 0.870 bits per heavy atom. The third kappa shape index (κ3) is 3.99. The maximum absolute atomic E-state index is 13.7. The summed E-state index contributed by atoms with van der Waals surface area (Å²) in [5, 5.41) is 0. The van der Waals surface area contributed by atoms with Crippen molar-refractivity contribution >= 4 is 0 Å². The number of hydrogen-bond donors (Lipinski definition) is 0. The van der Waals surface area contributed by atoms with Crippen molar-refractivity contribution in [1.29, 1.82) is 0 Å². The molecule has 0 aromatic heterocycles. The van der Waals surface area contributed by atoms with Crippen molar-refractivity contribution in [2.24, 2.45) is 5.92 Å². The first kappa shape index (κ1) is 16.2. The van der Waals surface area contributed by atoms with E-state index in [9.17, 15) is 8.78 Å². The van der Waals surface area contributed by atoms with E-state index in [0.29, 0.717) is 5.56 Å². The molecule has 0 heterocycles. The first-order chi connectivity index (χ1) is 11.1. The van der Waals surface area contributed by atoms with Gasteiger partial charge in [-0.1, -0.05) is 56.4 Å². The van der Waals surface area contributed by atoms with E-state index in [-0.39, 0.29) is 5.56 Å². The number of aryl methyl sites for hydroxylation is 1. The normalized spacial score (nSPS) is 15.8. The molecule has 0 spiro atoms. The molecule has 1 aliphatic rings. The molecule has 0 atom stereocenters. The van der Waals surface area contributed by atoms with Crippen LogP contribution in [0.4, 0.5) is 8.78 Å². The van der Waals surface area contributed by atoms with Crippen LogP contribution < -0.4 is 0 Å². The Balaban J connectivity index is 1.67. The molecule has 1 aliphatic carbocycles. The summed E-state index contributed by atoms with van der Waals surface area (Å²) in [6.07, 6.45) is 9.27. The van der Waals surface area contributed by atoms with E-state index in [2.05, 4.69) is 12.1 Å². The van der Waals surface area contributed by atoms with Crippen LogP contribution >= 0.6 is 0 Å². The molecule has 0 nitrogen and oxygen atoms in total. The second-order valence-corrected chi connectivity index (χ2v) is 6.80. The molecular weight excluding hydrogens is 290 g/mol.